The smallest absolute Gasteiger partial charge is 0.322 e. The van der Waals surface area contributed by atoms with Crippen molar-refractivity contribution in [1.82, 2.24) is 9.03 Å². The van der Waals surface area contributed by atoms with Crippen LogP contribution in [0.1, 0.15) is 45.4 Å². The van der Waals surface area contributed by atoms with E-state index in [4.69, 9.17) is 5.11 Å². The fraction of sp³-hybridized carbons (Fsp3) is 0.909. The second-order valence-electron chi connectivity index (χ2n) is 5.48. The average Bonchev–Trinajstić information content (AvgIpc) is 2.26. The monoisotopic (exact) mass is 276 g/mol. The summed E-state index contributed by atoms with van der Waals surface area (Å²) in [5.41, 5.74) is -0.390. The Morgan fingerprint density at radius 1 is 1.33 bits per heavy atom. The summed E-state index contributed by atoms with van der Waals surface area (Å²) in [7, 11) is -3.69. The van der Waals surface area contributed by atoms with Crippen molar-refractivity contribution < 1.29 is 18.3 Å². The Hall–Kier alpha value is -0.660. The molecule has 1 saturated carbocycles. The van der Waals surface area contributed by atoms with E-state index >= 15 is 0 Å². The summed E-state index contributed by atoms with van der Waals surface area (Å²) in [6.07, 6.45) is 4.53. The van der Waals surface area contributed by atoms with Gasteiger partial charge in [0.15, 0.2) is 0 Å². The predicted octanol–water partition coefficient (Wildman–Crippen LogP) is 0.702. The molecule has 2 N–H and O–H groups in total. The summed E-state index contributed by atoms with van der Waals surface area (Å²) >= 11 is 0. The Kier molecular flexibility index (Phi) is 3.66. The van der Waals surface area contributed by atoms with Gasteiger partial charge in [-0.15, -0.1) is 0 Å². The highest BCUT2D eigenvalue weighted by molar-refractivity contribution is 7.87. The average molecular weight is 276 g/mol. The maximum Gasteiger partial charge on any atom is 0.322 e. The molecule has 2 aliphatic rings. The van der Waals surface area contributed by atoms with Crippen molar-refractivity contribution in [2.24, 2.45) is 0 Å². The van der Waals surface area contributed by atoms with Gasteiger partial charge >= 0.3 is 5.97 Å². The second kappa shape index (κ2) is 4.79. The lowest BCUT2D eigenvalue weighted by Crippen LogP contribution is -2.59. The third-order valence-corrected chi connectivity index (χ3v) is 5.69. The number of carboxylic acids is 1. The van der Waals surface area contributed by atoms with E-state index in [-0.39, 0.29) is 5.54 Å². The zero-order chi connectivity index (χ0) is 13.4. The van der Waals surface area contributed by atoms with Gasteiger partial charge in [-0.05, 0) is 45.4 Å². The van der Waals surface area contributed by atoms with Gasteiger partial charge < -0.3 is 5.11 Å². The van der Waals surface area contributed by atoms with E-state index in [1.54, 1.807) is 0 Å². The molecule has 1 saturated heterocycles. The first-order valence-corrected chi connectivity index (χ1v) is 7.82. The number of carbonyl (C=O) groups is 1. The molecule has 0 aromatic carbocycles. The van der Waals surface area contributed by atoms with Gasteiger partial charge in [-0.3, -0.25) is 4.79 Å². The van der Waals surface area contributed by atoms with Crippen molar-refractivity contribution in [3.05, 3.63) is 0 Å². The molecule has 0 radical (unpaired) electrons. The van der Waals surface area contributed by atoms with Gasteiger partial charge in [0.05, 0.1) is 0 Å². The molecule has 1 heterocycles. The third kappa shape index (κ3) is 2.67. The number of carboxylic acid groups (broad SMARTS) is 1. The lowest BCUT2D eigenvalue weighted by Gasteiger charge is -2.41. The molecule has 1 atom stereocenters. The van der Waals surface area contributed by atoms with Crippen molar-refractivity contribution >= 4 is 16.2 Å². The summed E-state index contributed by atoms with van der Waals surface area (Å²) < 4.78 is 28.3. The molecule has 1 aliphatic carbocycles. The molecule has 0 aromatic rings. The number of piperidine rings is 1. The molecule has 7 heteroatoms. The number of hydrogen-bond acceptors (Lipinski definition) is 3. The SMILES string of the molecule is CC1(NS(=O)(=O)N2CCCCC2C(=O)O)CCC1. The van der Waals surface area contributed by atoms with Crippen LogP contribution in [0, 0.1) is 0 Å². The van der Waals surface area contributed by atoms with E-state index < -0.39 is 22.2 Å². The van der Waals surface area contributed by atoms with Crippen molar-refractivity contribution in [1.29, 1.82) is 0 Å². The number of rotatable bonds is 4. The first kappa shape index (κ1) is 13.8. The largest absolute Gasteiger partial charge is 0.480 e. The van der Waals surface area contributed by atoms with Crippen LogP contribution in [-0.4, -0.2) is 41.9 Å². The first-order valence-electron chi connectivity index (χ1n) is 6.38. The maximum absolute atomic E-state index is 12.3. The molecule has 0 bridgehead atoms. The molecule has 0 spiro atoms. The molecule has 0 amide bonds. The van der Waals surface area contributed by atoms with Crippen LogP contribution in [0.5, 0.6) is 0 Å². The van der Waals surface area contributed by atoms with Gasteiger partial charge in [0.25, 0.3) is 10.2 Å². The second-order valence-corrected chi connectivity index (χ2v) is 7.11. The highest BCUT2D eigenvalue weighted by Gasteiger charge is 2.42. The van der Waals surface area contributed by atoms with Crippen molar-refractivity contribution in [3.8, 4) is 0 Å². The molecule has 2 rings (SSSR count). The fourth-order valence-corrected chi connectivity index (χ4v) is 4.46. The van der Waals surface area contributed by atoms with Crippen LogP contribution in [0.15, 0.2) is 0 Å². The highest BCUT2D eigenvalue weighted by atomic mass is 32.2. The summed E-state index contributed by atoms with van der Waals surface area (Å²) in [6, 6.07) is -0.917. The topological polar surface area (TPSA) is 86.7 Å². The molecule has 1 aliphatic heterocycles. The molecule has 0 aromatic heterocycles. The highest BCUT2D eigenvalue weighted by Crippen LogP contribution is 2.32. The van der Waals surface area contributed by atoms with Gasteiger partial charge in [-0.25, -0.2) is 0 Å². The predicted molar refractivity (Wildman–Crippen MR) is 66.3 cm³/mol. The lowest BCUT2D eigenvalue weighted by molar-refractivity contribution is -0.142. The van der Waals surface area contributed by atoms with Crippen LogP contribution in [0.4, 0.5) is 0 Å². The van der Waals surface area contributed by atoms with E-state index in [1.165, 1.54) is 0 Å². The number of hydrogen-bond donors (Lipinski definition) is 2. The van der Waals surface area contributed by atoms with Crippen LogP contribution in [0.2, 0.25) is 0 Å². The minimum atomic E-state index is -3.69. The lowest BCUT2D eigenvalue weighted by atomic mass is 9.80. The zero-order valence-electron chi connectivity index (χ0n) is 10.6. The van der Waals surface area contributed by atoms with Crippen LogP contribution in [0.3, 0.4) is 0 Å². The van der Waals surface area contributed by atoms with E-state index in [1.807, 2.05) is 6.92 Å². The molecule has 104 valence electrons. The molecule has 2 fully saturated rings. The van der Waals surface area contributed by atoms with Crippen LogP contribution >= 0.6 is 0 Å². The summed E-state index contributed by atoms with van der Waals surface area (Å²) in [5, 5.41) is 9.11. The zero-order valence-corrected chi connectivity index (χ0v) is 11.4. The van der Waals surface area contributed by atoms with E-state index in [0.29, 0.717) is 13.0 Å². The fourth-order valence-electron chi connectivity index (χ4n) is 2.62. The minimum absolute atomic E-state index is 0.294. The minimum Gasteiger partial charge on any atom is -0.480 e. The molecular formula is C11H20N2O4S. The number of nitrogens with one attached hydrogen (secondary N) is 1. The van der Waals surface area contributed by atoms with Gasteiger partial charge in [0.1, 0.15) is 6.04 Å². The first-order chi connectivity index (χ1) is 8.34. The third-order valence-electron chi connectivity index (χ3n) is 3.88. The van der Waals surface area contributed by atoms with Crippen molar-refractivity contribution in [3.63, 3.8) is 0 Å². The van der Waals surface area contributed by atoms with E-state index in [0.717, 1.165) is 36.4 Å². The molecule has 6 nitrogen and oxygen atoms in total. The van der Waals surface area contributed by atoms with Crippen LogP contribution in [0.25, 0.3) is 0 Å². The molecule has 18 heavy (non-hydrogen) atoms. The summed E-state index contributed by atoms with van der Waals surface area (Å²) in [5.74, 6) is -1.06. The van der Waals surface area contributed by atoms with Crippen molar-refractivity contribution in [2.45, 2.75) is 57.0 Å². The van der Waals surface area contributed by atoms with Gasteiger partial charge in [0, 0.05) is 12.1 Å². The maximum atomic E-state index is 12.3. The molecule has 1 unspecified atom stereocenters. The van der Waals surface area contributed by atoms with Gasteiger partial charge in [0.2, 0.25) is 0 Å². The van der Waals surface area contributed by atoms with Crippen LogP contribution in [-0.2, 0) is 15.0 Å². The standard InChI is InChI=1S/C11H20N2O4S/c1-11(6-4-7-11)12-18(16,17)13-8-3-2-5-9(13)10(14)15/h9,12H,2-8H2,1H3,(H,14,15). The van der Waals surface area contributed by atoms with Crippen LogP contribution < -0.4 is 4.72 Å². The van der Waals surface area contributed by atoms with E-state index in [2.05, 4.69) is 4.72 Å². The Morgan fingerprint density at radius 3 is 2.50 bits per heavy atom. The Morgan fingerprint density at radius 2 is 2.00 bits per heavy atom. The Balaban J connectivity index is 2.14. The number of nitrogens with zero attached hydrogens (tertiary/aromatic N) is 1. The molecular weight excluding hydrogens is 256 g/mol. The summed E-state index contributed by atoms with van der Waals surface area (Å²) in [4.78, 5) is 11.1. The van der Waals surface area contributed by atoms with Gasteiger partial charge in [-0.2, -0.15) is 17.4 Å². The van der Waals surface area contributed by atoms with Gasteiger partial charge in [-0.1, -0.05) is 0 Å². The normalized spacial score (nSPS) is 28.6. The Labute approximate surface area is 108 Å². The van der Waals surface area contributed by atoms with Crippen molar-refractivity contribution in [2.75, 3.05) is 6.54 Å². The quantitative estimate of drug-likeness (QED) is 0.791. The number of aliphatic carboxylic acids is 1. The Bertz CT molecular complexity index is 430. The summed E-state index contributed by atoms with van der Waals surface area (Å²) in [6.45, 7) is 2.16. The van der Waals surface area contributed by atoms with E-state index in [9.17, 15) is 13.2 Å².